The zero-order chi connectivity index (χ0) is 22.8. The van der Waals surface area contributed by atoms with Gasteiger partial charge >= 0.3 is 11.9 Å². The monoisotopic (exact) mass is 448 g/mol. The number of rotatable bonds is 3. The summed E-state index contributed by atoms with van der Waals surface area (Å²) in [5.41, 5.74) is -0.436. The van der Waals surface area contributed by atoms with E-state index in [0.717, 1.165) is 42.7 Å². The fraction of sp³-hybridized carbons (Fsp3) is 0.720. The molecule has 0 N–H and O–H groups in total. The highest BCUT2D eigenvalue weighted by atomic mass is 35.5. The lowest BCUT2D eigenvalue weighted by molar-refractivity contribution is -0.185. The van der Waals surface area contributed by atoms with Gasteiger partial charge in [-0.25, -0.2) is 0 Å². The molecule has 0 aromatic heterocycles. The number of ketones is 1. The highest BCUT2D eigenvalue weighted by molar-refractivity contribution is 6.32. The molecule has 0 spiro atoms. The number of ether oxygens (including phenoxy) is 2. The second-order valence-electron chi connectivity index (χ2n) is 10.5. The van der Waals surface area contributed by atoms with Crippen LogP contribution in [0.2, 0.25) is 0 Å². The zero-order valence-electron chi connectivity index (χ0n) is 19.1. The smallest absolute Gasteiger partial charge is 0.303 e. The van der Waals surface area contributed by atoms with Crippen LogP contribution in [0, 0.1) is 28.6 Å². The van der Waals surface area contributed by atoms with Gasteiger partial charge < -0.3 is 9.47 Å². The van der Waals surface area contributed by atoms with Crippen LogP contribution in [0.4, 0.5) is 0 Å². The molecule has 4 rings (SSSR count). The molecule has 0 aromatic carbocycles. The Labute approximate surface area is 189 Å². The highest BCUT2D eigenvalue weighted by Crippen LogP contribution is 2.68. The number of allylic oxidation sites excluding steroid dienone is 3. The van der Waals surface area contributed by atoms with Gasteiger partial charge in [0.05, 0.1) is 0 Å². The number of hydrogen-bond donors (Lipinski definition) is 0. The summed E-state index contributed by atoms with van der Waals surface area (Å²) in [4.78, 5) is 36.2. The molecule has 31 heavy (non-hydrogen) atoms. The number of hydrogen-bond acceptors (Lipinski definition) is 5. The fourth-order valence-corrected chi connectivity index (χ4v) is 8.00. The van der Waals surface area contributed by atoms with Crippen molar-refractivity contribution in [1.29, 1.82) is 0 Å². The van der Waals surface area contributed by atoms with Crippen LogP contribution in [0.5, 0.6) is 0 Å². The maximum Gasteiger partial charge on any atom is 0.303 e. The summed E-state index contributed by atoms with van der Waals surface area (Å²) in [6.45, 7) is 8.82. The molecule has 0 heterocycles. The first-order valence-electron chi connectivity index (χ1n) is 11.4. The first-order chi connectivity index (χ1) is 14.4. The molecule has 2 fully saturated rings. The number of Topliss-reactive ketones (excluding diaryl/α,β-unsaturated/α-hetero) is 1. The van der Waals surface area contributed by atoms with Crippen molar-refractivity contribution < 1.29 is 23.9 Å². The van der Waals surface area contributed by atoms with Gasteiger partial charge in [-0.3, -0.25) is 14.4 Å². The van der Waals surface area contributed by atoms with Gasteiger partial charge in [0.2, 0.25) is 0 Å². The SMILES string of the molecule is CC(=O)OC1C=C2C(Cl)=C[C@@H]3[C@H](CC[C@@]4(C)[C@H]3CC[C@]4(OC(C)=O)C(C)=O)[C@@]2(C)CC1. The Balaban J connectivity index is 1.73. The molecule has 0 aromatic rings. The maximum atomic E-state index is 12.8. The van der Waals surface area contributed by atoms with Crippen LogP contribution >= 0.6 is 11.6 Å². The molecule has 4 aliphatic carbocycles. The molecule has 6 heteroatoms. The molecule has 0 aliphatic heterocycles. The summed E-state index contributed by atoms with van der Waals surface area (Å²) < 4.78 is 11.3. The Morgan fingerprint density at radius 2 is 1.61 bits per heavy atom. The Hall–Kier alpha value is -1.62. The number of carbonyl (C=O) groups is 3. The summed E-state index contributed by atoms with van der Waals surface area (Å²) in [7, 11) is 0. The van der Waals surface area contributed by atoms with E-state index in [0.29, 0.717) is 12.3 Å². The van der Waals surface area contributed by atoms with E-state index in [1.807, 2.05) is 6.08 Å². The molecule has 0 amide bonds. The lowest BCUT2D eigenvalue weighted by Crippen LogP contribution is -2.58. The number of halogens is 1. The van der Waals surface area contributed by atoms with E-state index < -0.39 is 17.0 Å². The van der Waals surface area contributed by atoms with E-state index in [1.54, 1.807) is 6.92 Å². The van der Waals surface area contributed by atoms with Crippen molar-refractivity contribution >= 4 is 29.3 Å². The lowest BCUT2D eigenvalue weighted by atomic mass is 9.48. The molecule has 0 saturated heterocycles. The Kier molecular flexibility index (Phi) is 5.44. The second-order valence-corrected chi connectivity index (χ2v) is 10.9. The second kappa shape index (κ2) is 7.47. The molecule has 5 nitrogen and oxygen atoms in total. The predicted molar refractivity (Wildman–Crippen MR) is 117 cm³/mol. The lowest BCUT2D eigenvalue weighted by Gasteiger charge is -2.58. The summed E-state index contributed by atoms with van der Waals surface area (Å²) in [6, 6.07) is 0. The fourth-order valence-electron chi connectivity index (χ4n) is 7.57. The van der Waals surface area contributed by atoms with Gasteiger partial charge in [0.1, 0.15) is 6.10 Å². The van der Waals surface area contributed by atoms with Crippen molar-refractivity contribution in [2.24, 2.45) is 28.6 Å². The van der Waals surface area contributed by atoms with Crippen molar-refractivity contribution in [3.05, 3.63) is 22.8 Å². The van der Waals surface area contributed by atoms with Crippen molar-refractivity contribution in [3.63, 3.8) is 0 Å². The van der Waals surface area contributed by atoms with E-state index in [1.165, 1.54) is 13.8 Å². The molecule has 4 aliphatic rings. The van der Waals surface area contributed by atoms with Crippen molar-refractivity contribution in [2.45, 2.75) is 84.8 Å². The average Bonchev–Trinajstić information content (AvgIpc) is 2.96. The maximum absolute atomic E-state index is 12.8. The first kappa shape index (κ1) is 22.6. The quantitative estimate of drug-likeness (QED) is 0.561. The Bertz CT molecular complexity index is 890. The van der Waals surface area contributed by atoms with Gasteiger partial charge in [0, 0.05) is 24.3 Å². The van der Waals surface area contributed by atoms with E-state index >= 15 is 0 Å². The summed E-state index contributed by atoms with van der Waals surface area (Å²) in [6.07, 6.45) is 8.89. The standard InChI is InChI=1S/C25H33ClO5/c1-14(27)25(31-16(3)29)11-8-20-18-13-22(26)21-12-17(30-15(2)28)6-9-23(21,4)19(18)7-10-24(20,25)5/h12-13,17-20H,6-11H2,1-5H3/t17?,18-,19+,20+,23-,24+,25+/m1/s1. The minimum Gasteiger partial charge on any atom is -0.458 e. The first-order valence-corrected chi connectivity index (χ1v) is 11.8. The van der Waals surface area contributed by atoms with E-state index in [2.05, 4.69) is 19.9 Å². The summed E-state index contributed by atoms with van der Waals surface area (Å²) >= 11 is 6.86. The number of fused-ring (bicyclic) bond motifs is 5. The summed E-state index contributed by atoms with van der Waals surface area (Å²) in [5.74, 6) is 0.147. The largest absolute Gasteiger partial charge is 0.458 e. The molecule has 2 saturated carbocycles. The summed E-state index contributed by atoms with van der Waals surface area (Å²) in [5, 5.41) is 0.734. The van der Waals surface area contributed by atoms with Crippen LogP contribution in [0.25, 0.3) is 0 Å². The third-order valence-electron chi connectivity index (χ3n) is 8.99. The van der Waals surface area contributed by atoms with Crippen molar-refractivity contribution in [1.82, 2.24) is 0 Å². The van der Waals surface area contributed by atoms with E-state index in [9.17, 15) is 14.4 Å². The molecule has 170 valence electrons. The van der Waals surface area contributed by atoms with Crippen LogP contribution in [0.3, 0.4) is 0 Å². The highest BCUT2D eigenvalue weighted by Gasteiger charge is 2.67. The van der Waals surface area contributed by atoms with Gasteiger partial charge in [-0.15, -0.1) is 0 Å². The van der Waals surface area contributed by atoms with E-state index in [4.69, 9.17) is 21.1 Å². The third-order valence-corrected chi connectivity index (χ3v) is 9.32. The minimum atomic E-state index is -1.04. The molecule has 7 atom stereocenters. The Morgan fingerprint density at radius 3 is 2.23 bits per heavy atom. The van der Waals surface area contributed by atoms with Crippen molar-refractivity contribution in [3.8, 4) is 0 Å². The topological polar surface area (TPSA) is 69.7 Å². The van der Waals surface area contributed by atoms with Crippen molar-refractivity contribution in [2.75, 3.05) is 0 Å². The molecule has 0 radical (unpaired) electrons. The third kappa shape index (κ3) is 3.21. The van der Waals surface area contributed by atoms with Gasteiger partial charge in [-0.2, -0.15) is 0 Å². The molecular formula is C25H33ClO5. The van der Waals surface area contributed by atoms with Crippen LogP contribution < -0.4 is 0 Å². The van der Waals surface area contributed by atoms with Crippen LogP contribution in [-0.4, -0.2) is 29.4 Å². The number of esters is 2. The molecular weight excluding hydrogens is 416 g/mol. The normalized spacial score (nSPS) is 43.5. The average molecular weight is 449 g/mol. The van der Waals surface area contributed by atoms with Crippen LogP contribution in [0.1, 0.15) is 73.1 Å². The van der Waals surface area contributed by atoms with Gasteiger partial charge in [0.25, 0.3) is 0 Å². The molecule has 1 unspecified atom stereocenters. The van der Waals surface area contributed by atoms with Gasteiger partial charge in [-0.1, -0.05) is 31.5 Å². The van der Waals surface area contributed by atoms with Crippen LogP contribution in [-0.2, 0) is 23.9 Å². The zero-order valence-corrected chi connectivity index (χ0v) is 19.9. The van der Waals surface area contributed by atoms with Crippen LogP contribution in [0.15, 0.2) is 22.8 Å². The van der Waals surface area contributed by atoms with Gasteiger partial charge in [0.15, 0.2) is 11.4 Å². The van der Waals surface area contributed by atoms with Gasteiger partial charge in [-0.05, 0) is 80.3 Å². The predicted octanol–water partition coefficient (Wildman–Crippen LogP) is 5.11. The molecule has 0 bridgehead atoms. The minimum absolute atomic E-state index is 0.0503. The Morgan fingerprint density at radius 1 is 0.935 bits per heavy atom. The number of carbonyl (C=O) groups excluding carboxylic acids is 3. The van der Waals surface area contributed by atoms with E-state index in [-0.39, 0.29) is 35.1 Å².